The van der Waals surface area contributed by atoms with Crippen LogP contribution < -0.4 is 21.7 Å². The minimum absolute atomic E-state index is 0.153. The summed E-state index contributed by atoms with van der Waals surface area (Å²) < 4.78 is 0. The average molecular weight is 344 g/mol. The average Bonchev–Trinajstić information content (AvgIpc) is 3.00. The van der Waals surface area contributed by atoms with Crippen LogP contribution in [0.15, 0.2) is 36.4 Å². The molecule has 0 saturated carbocycles. The Morgan fingerprint density at radius 2 is 1.88 bits per heavy atom. The molecule has 3 rings (SSSR count). The quantitative estimate of drug-likeness (QED) is 0.686. The molecule has 3 amide bonds. The summed E-state index contributed by atoms with van der Waals surface area (Å²) in [6.07, 6.45) is 1.81. The zero-order valence-electron chi connectivity index (χ0n) is 13.2. The summed E-state index contributed by atoms with van der Waals surface area (Å²) in [6, 6.07) is 11.0. The van der Waals surface area contributed by atoms with E-state index < -0.39 is 6.03 Å². The Kier molecular flexibility index (Phi) is 5.12. The zero-order chi connectivity index (χ0) is 16.9. The molecule has 6 nitrogen and oxygen atoms in total. The monoisotopic (exact) mass is 344 g/mol. The highest BCUT2D eigenvalue weighted by molar-refractivity contribution is 7.20. The van der Waals surface area contributed by atoms with Gasteiger partial charge in [-0.2, -0.15) is 0 Å². The highest BCUT2D eigenvalue weighted by atomic mass is 32.1. The number of anilines is 1. The van der Waals surface area contributed by atoms with Crippen molar-refractivity contribution in [2.45, 2.75) is 18.9 Å². The molecule has 1 aliphatic heterocycles. The summed E-state index contributed by atoms with van der Waals surface area (Å²) in [5.74, 6) is -0.177. The van der Waals surface area contributed by atoms with Gasteiger partial charge < -0.3 is 16.4 Å². The number of nitrogens with two attached hydrogens (primary N) is 1. The standard InChI is InChI=1S/C17H20N4O2S/c18-17(23)21-16-13(15(22)20-12-6-8-19-9-7-12)10-14(24-16)11-4-2-1-3-5-11/h1-5,10,12,19H,6-9H2,(H,20,22)(H3,18,21,23). The van der Waals surface area contributed by atoms with Gasteiger partial charge in [0.1, 0.15) is 5.00 Å². The molecule has 0 bridgehead atoms. The number of carbonyl (C=O) groups is 2. The lowest BCUT2D eigenvalue weighted by Gasteiger charge is -2.23. The van der Waals surface area contributed by atoms with Gasteiger partial charge in [-0.1, -0.05) is 30.3 Å². The number of primary amides is 1. The van der Waals surface area contributed by atoms with Crippen molar-refractivity contribution in [3.63, 3.8) is 0 Å². The summed E-state index contributed by atoms with van der Waals surface area (Å²) in [7, 11) is 0. The highest BCUT2D eigenvalue weighted by Gasteiger charge is 2.21. The number of hydrogen-bond acceptors (Lipinski definition) is 4. The molecule has 0 aliphatic carbocycles. The Morgan fingerprint density at radius 3 is 2.54 bits per heavy atom. The van der Waals surface area contributed by atoms with Crippen molar-refractivity contribution in [2.75, 3.05) is 18.4 Å². The predicted octanol–water partition coefficient (Wildman–Crippen LogP) is 2.39. The fourth-order valence-electron chi connectivity index (χ4n) is 2.74. The molecule has 0 radical (unpaired) electrons. The van der Waals surface area contributed by atoms with Crippen LogP contribution >= 0.6 is 11.3 Å². The van der Waals surface area contributed by atoms with Crippen LogP contribution in [0.3, 0.4) is 0 Å². The van der Waals surface area contributed by atoms with Crippen LogP contribution in [-0.4, -0.2) is 31.1 Å². The SMILES string of the molecule is NC(=O)Nc1sc(-c2ccccc2)cc1C(=O)NC1CCNCC1. The molecular formula is C17H20N4O2S. The molecule has 24 heavy (non-hydrogen) atoms. The van der Waals surface area contributed by atoms with Gasteiger partial charge in [-0.3, -0.25) is 10.1 Å². The summed E-state index contributed by atoms with van der Waals surface area (Å²) in [6.45, 7) is 1.80. The van der Waals surface area contributed by atoms with Gasteiger partial charge in [-0.05, 0) is 37.6 Å². The van der Waals surface area contributed by atoms with Gasteiger partial charge in [0.15, 0.2) is 0 Å². The Morgan fingerprint density at radius 1 is 1.17 bits per heavy atom. The molecule has 1 aromatic carbocycles. The van der Waals surface area contributed by atoms with E-state index in [1.807, 2.05) is 36.4 Å². The van der Waals surface area contributed by atoms with Gasteiger partial charge >= 0.3 is 6.03 Å². The number of hydrogen-bond donors (Lipinski definition) is 4. The molecule has 1 saturated heterocycles. The molecule has 1 aliphatic rings. The van der Waals surface area contributed by atoms with Crippen LogP contribution in [-0.2, 0) is 0 Å². The second kappa shape index (κ2) is 7.46. The fourth-order valence-corrected chi connectivity index (χ4v) is 3.80. The number of urea groups is 1. The molecule has 2 aromatic rings. The number of piperidine rings is 1. The van der Waals surface area contributed by atoms with Crippen molar-refractivity contribution in [1.82, 2.24) is 10.6 Å². The summed E-state index contributed by atoms with van der Waals surface area (Å²) in [4.78, 5) is 24.8. The summed E-state index contributed by atoms with van der Waals surface area (Å²) in [5, 5.41) is 9.36. The van der Waals surface area contributed by atoms with E-state index in [1.165, 1.54) is 11.3 Å². The molecule has 1 aromatic heterocycles. The Bertz CT molecular complexity index is 723. The predicted molar refractivity (Wildman–Crippen MR) is 96.3 cm³/mol. The van der Waals surface area contributed by atoms with E-state index in [4.69, 9.17) is 5.73 Å². The van der Waals surface area contributed by atoms with Crippen molar-refractivity contribution in [3.05, 3.63) is 42.0 Å². The maximum atomic E-state index is 12.6. The first kappa shape index (κ1) is 16.5. The van der Waals surface area contributed by atoms with Crippen LogP contribution in [0.25, 0.3) is 10.4 Å². The van der Waals surface area contributed by atoms with Gasteiger partial charge in [0.05, 0.1) is 5.56 Å². The van der Waals surface area contributed by atoms with Crippen LogP contribution in [0.4, 0.5) is 9.80 Å². The van der Waals surface area contributed by atoms with Gasteiger partial charge in [0.2, 0.25) is 0 Å². The number of thiophene rings is 1. The highest BCUT2D eigenvalue weighted by Crippen LogP contribution is 2.35. The first-order valence-corrected chi connectivity index (χ1v) is 8.72. The largest absolute Gasteiger partial charge is 0.351 e. The number of nitrogens with one attached hydrogen (secondary N) is 3. The van der Waals surface area contributed by atoms with E-state index in [-0.39, 0.29) is 11.9 Å². The minimum Gasteiger partial charge on any atom is -0.351 e. The third kappa shape index (κ3) is 3.93. The second-order valence-electron chi connectivity index (χ2n) is 5.71. The normalized spacial score (nSPS) is 15.0. The van der Waals surface area contributed by atoms with Crippen LogP contribution in [0.5, 0.6) is 0 Å². The molecule has 0 spiro atoms. The van der Waals surface area contributed by atoms with E-state index in [1.54, 1.807) is 0 Å². The lowest BCUT2D eigenvalue weighted by molar-refractivity contribution is 0.0931. The van der Waals surface area contributed by atoms with E-state index in [0.29, 0.717) is 10.6 Å². The van der Waals surface area contributed by atoms with Crippen LogP contribution in [0.1, 0.15) is 23.2 Å². The smallest absolute Gasteiger partial charge is 0.317 e. The van der Waals surface area contributed by atoms with Crippen molar-refractivity contribution in [1.29, 1.82) is 0 Å². The molecule has 5 N–H and O–H groups in total. The van der Waals surface area contributed by atoms with E-state index in [9.17, 15) is 9.59 Å². The van der Waals surface area contributed by atoms with E-state index in [0.717, 1.165) is 36.4 Å². The molecule has 1 fully saturated rings. The van der Waals surface area contributed by atoms with Crippen molar-refractivity contribution >= 4 is 28.3 Å². The van der Waals surface area contributed by atoms with Gasteiger partial charge in [-0.15, -0.1) is 11.3 Å². The van der Waals surface area contributed by atoms with Crippen molar-refractivity contribution < 1.29 is 9.59 Å². The van der Waals surface area contributed by atoms with Crippen molar-refractivity contribution in [2.24, 2.45) is 5.73 Å². The lowest BCUT2D eigenvalue weighted by atomic mass is 10.1. The number of carbonyl (C=O) groups excluding carboxylic acids is 2. The molecule has 126 valence electrons. The first-order valence-electron chi connectivity index (χ1n) is 7.91. The maximum absolute atomic E-state index is 12.6. The maximum Gasteiger partial charge on any atom is 0.317 e. The second-order valence-corrected chi connectivity index (χ2v) is 6.76. The lowest BCUT2D eigenvalue weighted by Crippen LogP contribution is -2.42. The number of rotatable bonds is 4. The Labute approximate surface area is 144 Å². The van der Waals surface area contributed by atoms with Crippen molar-refractivity contribution in [3.8, 4) is 10.4 Å². The Hall–Kier alpha value is -2.38. The zero-order valence-corrected chi connectivity index (χ0v) is 14.0. The molecule has 0 unspecified atom stereocenters. The first-order chi connectivity index (χ1) is 11.6. The van der Waals surface area contributed by atoms with Crippen LogP contribution in [0, 0.1) is 0 Å². The summed E-state index contributed by atoms with van der Waals surface area (Å²) >= 11 is 1.35. The topological polar surface area (TPSA) is 96.2 Å². The van der Waals surface area contributed by atoms with E-state index in [2.05, 4.69) is 16.0 Å². The minimum atomic E-state index is -0.674. The van der Waals surface area contributed by atoms with Gasteiger partial charge in [-0.25, -0.2) is 4.79 Å². The van der Waals surface area contributed by atoms with Gasteiger partial charge in [0, 0.05) is 10.9 Å². The third-order valence-electron chi connectivity index (χ3n) is 3.95. The molecule has 0 atom stereocenters. The fraction of sp³-hybridized carbons (Fsp3) is 0.294. The molecular weight excluding hydrogens is 324 g/mol. The van der Waals surface area contributed by atoms with Gasteiger partial charge in [0.25, 0.3) is 5.91 Å². The van der Waals surface area contributed by atoms with E-state index >= 15 is 0 Å². The molecule has 2 heterocycles. The number of benzene rings is 1. The molecule has 7 heteroatoms. The number of amides is 3. The van der Waals surface area contributed by atoms with Crippen LogP contribution in [0.2, 0.25) is 0 Å². The third-order valence-corrected chi connectivity index (χ3v) is 5.05. The Balaban J connectivity index is 1.85. The summed E-state index contributed by atoms with van der Waals surface area (Å²) in [5.41, 5.74) is 6.69.